The summed E-state index contributed by atoms with van der Waals surface area (Å²) in [6, 6.07) is 2.50. The quantitative estimate of drug-likeness (QED) is 0.351. The van der Waals surface area contributed by atoms with Crippen LogP contribution in [-0.4, -0.2) is 56.0 Å². The molecule has 0 aromatic rings. The van der Waals surface area contributed by atoms with Gasteiger partial charge in [-0.25, -0.2) is 0 Å². The van der Waals surface area contributed by atoms with E-state index < -0.39 is 16.6 Å². The Labute approximate surface area is 141 Å². The van der Waals surface area contributed by atoms with Gasteiger partial charge < -0.3 is 19.5 Å². The first-order chi connectivity index (χ1) is 10.3. The van der Waals surface area contributed by atoms with Crippen LogP contribution < -0.4 is 10.6 Å². The van der Waals surface area contributed by atoms with Gasteiger partial charge in [-0.05, 0) is 78.1 Å². The predicted molar refractivity (Wildman–Crippen MR) is 103 cm³/mol. The molecule has 0 saturated carbocycles. The molecule has 0 heterocycles. The Kier molecular flexibility index (Phi) is 12.8. The molecule has 0 atom stereocenters. The minimum absolute atomic E-state index is 0.861. The highest BCUT2D eigenvalue weighted by molar-refractivity contribution is 6.71. The standard InChI is InChI=1S/C16H40N2O2Si2/c1-7-19-21(3,4)15-9-11-17-13-14-18-12-10-16-22(5,6)20-8-2/h17-18H,7-16H2,1-6H3. The van der Waals surface area contributed by atoms with Gasteiger partial charge in [0.2, 0.25) is 0 Å². The monoisotopic (exact) mass is 348 g/mol. The van der Waals surface area contributed by atoms with Gasteiger partial charge in [-0.15, -0.1) is 0 Å². The third-order valence-corrected chi connectivity index (χ3v) is 9.07. The first kappa shape index (κ1) is 22.3. The molecule has 0 radical (unpaired) electrons. The molecular weight excluding hydrogens is 308 g/mol. The highest BCUT2D eigenvalue weighted by atomic mass is 28.4. The summed E-state index contributed by atoms with van der Waals surface area (Å²) in [7, 11) is -2.76. The van der Waals surface area contributed by atoms with E-state index in [4.69, 9.17) is 8.85 Å². The van der Waals surface area contributed by atoms with E-state index in [2.05, 4.69) is 50.7 Å². The fourth-order valence-electron chi connectivity index (χ4n) is 2.63. The summed E-state index contributed by atoms with van der Waals surface area (Å²) in [5, 5.41) is 7.03. The van der Waals surface area contributed by atoms with Crippen molar-refractivity contribution in [1.82, 2.24) is 10.6 Å². The second-order valence-corrected chi connectivity index (χ2v) is 15.7. The average molecular weight is 349 g/mol. The van der Waals surface area contributed by atoms with Crippen molar-refractivity contribution >= 4 is 16.6 Å². The van der Waals surface area contributed by atoms with Crippen LogP contribution in [0.1, 0.15) is 26.7 Å². The van der Waals surface area contributed by atoms with Crippen molar-refractivity contribution in [3.05, 3.63) is 0 Å². The predicted octanol–water partition coefficient (Wildman–Crippen LogP) is 3.43. The highest BCUT2D eigenvalue weighted by Gasteiger charge is 2.21. The van der Waals surface area contributed by atoms with E-state index in [1.54, 1.807) is 0 Å². The van der Waals surface area contributed by atoms with Crippen LogP contribution in [0.4, 0.5) is 0 Å². The maximum absolute atomic E-state index is 5.84. The molecule has 0 aliphatic rings. The van der Waals surface area contributed by atoms with E-state index in [0.717, 1.165) is 39.4 Å². The molecule has 0 saturated heterocycles. The van der Waals surface area contributed by atoms with Gasteiger partial charge in [0.05, 0.1) is 0 Å². The lowest BCUT2D eigenvalue weighted by Gasteiger charge is -2.22. The molecule has 0 unspecified atom stereocenters. The first-order valence-electron chi connectivity index (χ1n) is 9.02. The van der Waals surface area contributed by atoms with Crippen molar-refractivity contribution < 1.29 is 8.85 Å². The Balaban J connectivity index is 3.34. The van der Waals surface area contributed by atoms with E-state index in [1.807, 2.05) is 0 Å². The molecule has 6 heteroatoms. The van der Waals surface area contributed by atoms with Crippen molar-refractivity contribution in [3.8, 4) is 0 Å². The molecular formula is C16H40N2O2Si2. The molecule has 0 aromatic carbocycles. The summed E-state index contributed by atoms with van der Waals surface area (Å²) < 4.78 is 11.7. The third-order valence-electron chi connectivity index (χ3n) is 3.81. The van der Waals surface area contributed by atoms with Crippen LogP contribution >= 0.6 is 0 Å². The Morgan fingerprint density at radius 2 is 1.00 bits per heavy atom. The van der Waals surface area contributed by atoms with Gasteiger partial charge >= 0.3 is 0 Å². The zero-order valence-electron chi connectivity index (χ0n) is 15.9. The van der Waals surface area contributed by atoms with Crippen LogP contribution in [0.2, 0.25) is 38.3 Å². The number of hydrogen-bond acceptors (Lipinski definition) is 4. The second-order valence-electron chi connectivity index (χ2n) is 7.09. The van der Waals surface area contributed by atoms with Crippen molar-refractivity contribution in [2.24, 2.45) is 0 Å². The largest absolute Gasteiger partial charge is 0.418 e. The summed E-state index contributed by atoms with van der Waals surface area (Å²) in [6.45, 7) is 19.5. The molecule has 2 N–H and O–H groups in total. The zero-order valence-corrected chi connectivity index (χ0v) is 17.9. The van der Waals surface area contributed by atoms with Gasteiger partial charge in [0.1, 0.15) is 0 Å². The minimum atomic E-state index is -1.38. The molecule has 0 spiro atoms. The van der Waals surface area contributed by atoms with Crippen LogP contribution in [0.5, 0.6) is 0 Å². The van der Waals surface area contributed by atoms with Crippen molar-refractivity contribution in [2.75, 3.05) is 39.4 Å². The Morgan fingerprint density at radius 1 is 0.636 bits per heavy atom. The zero-order chi connectivity index (χ0) is 16.9. The maximum Gasteiger partial charge on any atom is 0.186 e. The Bertz CT molecular complexity index is 239. The van der Waals surface area contributed by atoms with E-state index in [0.29, 0.717) is 0 Å². The van der Waals surface area contributed by atoms with E-state index in [9.17, 15) is 0 Å². The topological polar surface area (TPSA) is 42.5 Å². The fourth-order valence-corrected chi connectivity index (χ4v) is 6.54. The average Bonchev–Trinajstić information content (AvgIpc) is 2.40. The number of rotatable bonds is 15. The number of hydrogen-bond donors (Lipinski definition) is 2. The van der Waals surface area contributed by atoms with Crippen molar-refractivity contribution in [1.29, 1.82) is 0 Å². The van der Waals surface area contributed by atoms with Crippen LogP contribution in [0.25, 0.3) is 0 Å². The maximum atomic E-state index is 5.84. The third kappa shape index (κ3) is 13.9. The summed E-state index contributed by atoms with van der Waals surface area (Å²) in [5.74, 6) is 0. The second kappa shape index (κ2) is 12.7. The lowest BCUT2D eigenvalue weighted by atomic mass is 10.4. The molecule has 0 rings (SSSR count). The van der Waals surface area contributed by atoms with Gasteiger partial charge in [0, 0.05) is 26.3 Å². The van der Waals surface area contributed by atoms with Gasteiger partial charge in [-0.2, -0.15) is 0 Å². The van der Waals surface area contributed by atoms with E-state index in [1.165, 1.54) is 24.9 Å². The highest BCUT2D eigenvalue weighted by Crippen LogP contribution is 2.13. The van der Waals surface area contributed by atoms with Gasteiger partial charge in [0.15, 0.2) is 16.6 Å². The Hall–Kier alpha value is 0.274. The summed E-state index contributed by atoms with van der Waals surface area (Å²) in [6.07, 6.45) is 2.46. The molecule has 0 aliphatic heterocycles. The molecule has 4 nitrogen and oxygen atoms in total. The Morgan fingerprint density at radius 3 is 1.32 bits per heavy atom. The van der Waals surface area contributed by atoms with Crippen molar-refractivity contribution in [2.45, 2.75) is 65.0 Å². The van der Waals surface area contributed by atoms with Crippen LogP contribution in [0.15, 0.2) is 0 Å². The lowest BCUT2D eigenvalue weighted by molar-refractivity contribution is 0.327. The van der Waals surface area contributed by atoms with Crippen LogP contribution in [-0.2, 0) is 8.85 Å². The molecule has 0 amide bonds. The first-order valence-corrected chi connectivity index (χ1v) is 15.3. The molecule has 0 aromatic heterocycles. The SMILES string of the molecule is CCO[Si](C)(C)CCCNCCNCCC[Si](C)(C)OCC. The van der Waals surface area contributed by atoms with Gasteiger partial charge in [-0.3, -0.25) is 0 Å². The van der Waals surface area contributed by atoms with E-state index in [-0.39, 0.29) is 0 Å². The molecule has 0 fully saturated rings. The van der Waals surface area contributed by atoms with Crippen molar-refractivity contribution in [3.63, 3.8) is 0 Å². The van der Waals surface area contributed by atoms with Gasteiger partial charge in [0.25, 0.3) is 0 Å². The molecule has 0 aliphatic carbocycles. The normalized spacial score (nSPS) is 12.8. The summed E-state index contributed by atoms with van der Waals surface area (Å²) in [4.78, 5) is 0. The lowest BCUT2D eigenvalue weighted by Crippen LogP contribution is -2.34. The summed E-state index contributed by atoms with van der Waals surface area (Å²) >= 11 is 0. The fraction of sp³-hybridized carbons (Fsp3) is 1.00. The van der Waals surface area contributed by atoms with E-state index >= 15 is 0 Å². The molecule has 0 bridgehead atoms. The number of nitrogens with one attached hydrogen (secondary N) is 2. The molecule has 22 heavy (non-hydrogen) atoms. The van der Waals surface area contributed by atoms with Crippen LogP contribution in [0, 0.1) is 0 Å². The summed E-state index contributed by atoms with van der Waals surface area (Å²) in [5.41, 5.74) is 0. The smallest absolute Gasteiger partial charge is 0.186 e. The van der Waals surface area contributed by atoms with Crippen LogP contribution in [0.3, 0.4) is 0 Å². The minimum Gasteiger partial charge on any atom is -0.418 e. The van der Waals surface area contributed by atoms with Gasteiger partial charge in [-0.1, -0.05) is 0 Å². The molecule has 134 valence electrons.